The third kappa shape index (κ3) is 8.57. The van der Waals surface area contributed by atoms with Gasteiger partial charge in [-0.3, -0.25) is 9.97 Å². The highest BCUT2D eigenvalue weighted by atomic mass is 32.2. The third-order valence-electron chi connectivity index (χ3n) is 12.3. The fourth-order valence-electron chi connectivity index (χ4n) is 8.46. The number of benzene rings is 2. The molecule has 0 bridgehead atoms. The molecule has 2 saturated carbocycles. The maximum atomic E-state index is 14.1. The first kappa shape index (κ1) is 38.8. The lowest BCUT2D eigenvalue weighted by Crippen LogP contribution is -2.49. The molecule has 2 fully saturated rings. The van der Waals surface area contributed by atoms with Crippen molar-refractivity contribution >= 4 is 22.2 Å². The number of hydrogen-bond donors (Lipinski definition) is 1. The van der Waals surface area contributed by atoms with Gasteiger partial charge in [-0.15, -0.1) is 0 Å². The van der Waals surface area contributed by atoms with E-state index in [1.54, 1.807) is 18.5 Å². The molecule has 9 atom stereocenters. The van der Waals surface area contributed by atoms with Gasteiger partial charge in [0.15, 0.2) is 0 Å². The van der Waals surface area contributed by atoms with Crippen LogP contribution in [0.3, 0.4) is 0 Å². The zero-order valence-electron chi connectivity index (χ0n) is 31.8. The van der Waals surface area contributed by atoms with Crippen molar-refractivity contribution in [1.29, 1.82) is 10.5 Å². The lowest BCUT2D eigenvalue weighted by atomic mass is 9.68. The van der Waals surface area contributed by atoms with Crippen molar-refractivity contribution in [2.24, 2.45) is 47.3 Å². The Morgan fingerprint density at radius 2 is 1.22 bits per heavy atom. The highest BCUT2D eigenvalue weighted by Gasteiger charge is 2.44. The summed E-state index contributed by atoms with van der Waals surface area (Å²) < 4.78 is 31.4. The first-order chi connectivity index (χ1) is 26.0. The molecule has 4 aromatic rings. The SMILES string of the molecule is CC1C(S(=O)(=O)NC[C@H]2[CH]C[C@H](C)[C@@H](C)[C@@H]2/C=C/c2ccc(-c3ccccc3C#N)cn2)C[C@H](C)[C@@H](C)[C@@H]1/C=C/c1ccc(-c2ccccc2C#N)cn1. The molecule has 277 valence electrons. The predicted octanol–water partition coefficient (Wildman–Crippen LogP) is 9.61. The number of nitrogens with one attached hydrogen (secondary N) is 1. The standard InChI is InChI=1S/C46H50N5O2S/c1-30-14-15-39(43(32(30)3)23-21-41-19-17-38(28-50-41)45-13-9-7-11-36(45)26-48)29-51-54(52,53)46-24-31(2)33(4)42(34(46)5)22-20-40-18-16-37(27-49-40)44-12-8-6-10-35(44)25-47/h6-13,15-23,27-28,30-34,39,42-43,46,51H,14,24,29H2,1-5H3/b22-20+,23-21+/t30-,31-,32+,33+,34?,39+,42-,43-,46?/m0/s1. The predicted molar refractivity (Wildman–Crippen MR) is 217 cm³/mol. The minimum absolute atomic E-state index is 0.0594. The van der Waals surface area contributed by atoms with Crippen molar-refractivity contribution in [3.8, 4) is 34.4 Å². The minimum atomic E-state index is -3.61. The number of rotatable bonds is 10. The fourth-order valence-corrected chi connectivity index (χ4v) is 10.4. The van der Waals surface area contributed by atoms with E-state index in [1.807, 2.05) is 78.9 Å². The van der Waals surface area contributed by atoms with Crippen LogP contribution in [-0.4, -0.2) is 30.2 Å². The molecule has 2 aromatic carbocycles. The number of hydrogen-bond acceptors (Lipinski definition) is 6. The highest BCUT2D eigenvalue weighted by Crippen LogP contribution is 2.43. The van der Waals surface area contributed by atoms with Crippen molar-refractivity contribution in [2.45, 2.75) is 52.7 Å². The molecule has 7 nitrogen and oxygen atoms in total. The molecule has 0 saturated heterocycles. The van der Waals surface area contributed by atoms with E-state index >= 15 is 0 Å². The first-order valence-corrected chi connectivity index (χ1v) is 20.6. The molecule has 2 aliphatic carbocycles. The maximum absolute atomic E-state index is 14.1. The van der Waals surface area contributed by atoms with Crippen LogP contribution in [0.15, 0.2) is 97.3 Å². The summed E-state index contributed by atoms with van der Waals surface area (Å²) in [4.78, 5) is 9.34. The monoisotopic (exact) mass is 736 g/mol. The van der Waals surface area contributed by atoms with E-state index in [0.29, 0.717) is 41.8 Å². The number of pyridine rings is 2. The van der Waals surface area contributed by atoms with Crippen LogP contribution in [0.2, 0.25) is 0 Å². The molecule has 0 amide bonds. The number of allylic oxidation sites excluding steroid dienone is 2. The van der Waals surface area contributed by atoms with Gasteiger partial charge in [-0.25, -0.2) is 13.1 Å². The Kier molecular flexibility index (Phi) is 12.3. The van der Waals surface area contributed by atoms with E-state index in [4.69, 9.17) is 0 Å². The van der Waals surface area contributed by atoms with Gasteiger partial charge >= 0.3 is 0 Å². The summed E-state index contributed by atoms with van der Waals surface area (Å²) in [5.41, 5.74) is 6.35. The zero-order chi connectivity index (χ0) is 38.4. The minimum Gasteiger partial charge on any atom is -0.256 e. The molecule has 54 heavy (non-hydrogen) atoms. The number of nitriles is 2. The quantitative estimate of drug-likeness (QED) is 0.173. The summed E-state index contributed by atoms with van der Waals surface area (Å²) in [6.07, 6.45) is 15.9. The second-order valence-corrected chi connectivity index (χ2v) is 17.5. The molecule has 1 radical (unpaired) electrons. The molecule has 2 unspecified atom stereocenters. The van der Waals surface area contributed by atoms with Crippen LogP contribution in [0, 0.1) is 76.4 Å². The molecule has 6 rings (SSSR count). The average Bonchev–Trinajstić information content (AvgIpc) is 3.19. The highest BCUT2D eigenvalue weighted by molar-refractivity contribution is 7.90. The molecule has 1 N–H and O–H groups in total. The number of sulfonamides is 1. The molecule has 8 heteroatoms. The van der Waals surface area contributed by atoms with Gasteiger partial charge in [0.25, 0.3) is 0 Å². The van der Waals surface area contributed by atoms with Crippen LogP contribution in [0.25, 0.3) is 34.4 Å². The van der Waals surface area contributed by atoms with Crippen molar-refractivity contribution in [3.05, 3.63) is 126 Å². The second-order valence-electron chi connectivity index (χ2n) is 15.5. The van der Waals surface area contributed by atoms with Gasteiger partial charge in [0.05, 0.1) is 39.9 Å². The Hall–Kier alpha value is -4.89. The van der Waals surface area contributed by atoms with Gasteiger partial charge in [0.2, 0.25) is 10.0 Å². The molecule has 2 aliphatic rings. The van der Waals surface area contributed by atoms with E-state index < -0.39 is 15.3 Å². The normalized spacial score (nSPS) is 27.4. The fraction of sp³-hybridized carbons (Fsp3) is 0.370. The molecule has 2 heterocycles. The lowest BCUT2D eigenvalue weighted by molar-refractivity contribution is 0.161. The van der Waals surface area contributed by atoms with E-state index in [0.717, 1.165) is 40.1 Å². The number of nitrogens with zero attached hydrogens (tertiary/aromatic N) is 4. The molecule has 0 spiro atoms. The van der Waals surface area contributed by atoms with E-state index in [-0.39, 0.29) is 29.6 Å². The maximum Gasteiger partial charge on any atom is 0.214 e. The van der Waals surface area contributed by atoms with Crippen LogP contribution in [0.4, 0.5) is 0 Å². The molecular weight excluding hydrogens is 687 g/mol. The summed E-state index contributed by atoms with van der Waals surface area (Å²) >= 11 is 0. The van der Waals surface area contributed by atoms with Gasteiger partial charge in [0.1, 0.15) is 0 Å². The molecule has 0 aliphatic heterocycles. The van der Waals surface area contributed by atoms with Crippen molar-refractivity contribution in [1.82, 2.24) is 14.7 Å². The Morgan fingerprint density at radius 3 is 1.74 bits per heavy atom. The van der Waals surface area contributed by atoms with Crippen molar-refractivity contribution in [2.75, 3.05) is 6.54 Å². The Balaban J connectivity index is 1.13. The average molecular weight is 737 g/mol. The second kappa shape index (κ2) is 17.1. The van der Waals surface area contributed by atoms with Gasteiger partial charge in [0, 0.05) is 41.2 Å². The Bertz CT molecular complexity index is 2160. The summed E-state index contributed by atoms with van der Waals surface area (Å²) in [6.45, 7) is 11.4. The summed E-state index contributed by atoms with van der Waals surface area (Å²) in [6, 6.07) is 27.4. The summed E-state index contributed by atoms with van der Waals surface area (Å²) in [7, 11) is -3.61. The molecular formula is C46H50N5O2S. The van der Waals surface area contributed by atoms with Crippen LogP contribution in [0.1, 0.15) is 70.0 Å². The van der Waals surface area contributed by atoms with Crippen molar-refractivity contribution < 1.29 is 8.42 Å². The van der Waals surface area contributed by atoms with E-state index in [1.165, 1.54) is 0 Å². The van der Waals surface area contributed by atoms with Crippen LogP contribution in [0.5, 0.6) is 0 Å². The van der Waals surface area contributed by atoms with Gasteiger partial charge < -0.3 is 0 Å². The van der Waals surface area contributed by atoms with Crippen LogP contribution >= 0.6 is 0 Å². The Labute approximate surface area is 322 Å². The van der Waals surface area contributed by atoms with E-state index in [2.05, 4.69) is 80.0 Å². The van der Waals surface area contributed by atoms with Gasteiger partial charge in [-0.2, -0.15) is 10.5 Å². The topological polar surface area (TPSA) is 120 Å². The van der Waals surface area contributed by atoms with Crippen LogP contribution in [-0.2, 0) is 10.0 Å². The smallest absolute Gasteiger partial charge is 0.214 e. The van der Waals surface area contributed by atoms with E-state index in [9.17, 15) is 18.9 Å². The number of aromatic nitrogens is 2. The third-order valence-corrected chi connectivity index (χ3v) is 14.3. The Morgan fingerprint density at radius 1 is 0.704 bits per heavy atom. The summed E-state index contributed by atoms with van der Waals surface area (Å²) in [5, 5.41) is 18.5. The summed E-state index contributed by atoms with van der Waals surface area (Å²) in [5.74, 6) is 1.61. The van der Waals surface area contributed by atoms with Crippen LogP contribution < -0.4 is 4.72 Å². The zero-order valence-corrected chi connectivity index (χ0v) is 32.6. The molecule has 2 aromatic heterocycles. The lowest BCUT2D eigenvalue weighted by Gasteiger charge is -2.43. The first-order valence-electron chi connectivity index (χ1n) is 19.1. The van der Waals surface area contributed by atoms with Gasteiger partial charge in [-0.05, 0) is 103 Å². The van der Waals surface area contributed by atoms with Crippen molar-refractivity contribution in [3.63, 3.8) is 0 Å². The van der Waals surface area contributed by atoms with Gasteiger partial charge in [-0.1, -0.05) is 95.3 Å². The largest absolute Gasteiger partial charge is 0.256 e.